The van der Waals surface area contributed by atoms with Crippen molar-refractivity contribution < 1.29 is 15.3 Å². The quantitative estimate of drug-likeness (QED) is 0.530. The highest BCUT2D eigenvalue weighted by molar-refractivity contribution is 4.77. The molecule has 0 bridgehead atoms. The third-order valence-electron chi connectivity index (χ3n) is 2.32. The lowest BCUT2D eigenvalue weighted by atomic mass is 9.81. The Bertz CT molecular complexity index is 99.9. The van der Waals surface area contributed by atoms with E-state index >= 15 is 0 Å². The van der Waals surface area contributed by atoms with Gasteiger partial charge in [-0.05, 0) is 19.3 Å². The van der Waals surface area contributed by atoms with Gasteiger partial charge in [-0.1, -0.05) is 13.3 Å². The highest BCUT2D eigenvalue weighted by Crippen LogP contribution is 2.28. The maximum absolute atomic E-state index is 9.09. The van der Waals surface area contributed by atoms with Crippen molar-refractivity contribution in [1.82, 2.24) is 0 Å². The second-order valence-corrected chi connectivity index (χ2v) is 3.39. The van der Waals surface area contributed by atoms with Crippen LogP contribution in [0.2, 0.25) is 0 Å². The Morgan fingerprint density at radius 2 is 1.58 bits per heavy atom. The summed E-state index contributed by atoms with van der Waals surface area (Å²) in [4.78, 5) is 0. The van der Waals surface area contributed by atoms with Gasteiger partial charge in [-0.25, -0.2) is 0 Å². The van der Waals surface area contributed by atoms with Crippen LogP contribution in [0.15, 0.2) is 0 Å². The van der Waals surface area contributed by atoms with Crippen LogP contribution in [0.4, 0.5) is 0 Å². The molecule has 0 aromatic carbocycles. The van der Waals surface area contributed by atoms with Crippen LogP contribution < -0.4 is 0 Å². The van der Waals surface area contributed by atoms with E-state index in [1.54, 1.807) is 0 Å². The van der Waals surface area contributed by atoms with Crippen molar-refractivity contribution in [2.75, 3.05) is 19.8 Å². The zero-order valence-electron chi connectivity index (χ0n) is 7.79. The van der Waals surface area contributed by atoms with Gasteiger partial charge in [0, 0.05) is 12.0 Å². The van der Waals surface area contributed by atoms with Crippen LogP contribution in [0, 0.1) is 5.41 Å². The van der Waals surface area contributed by atoms with Gasteiger partial charge in [0.25, 0.3) is 0 Å². The van der Waals surface area contributed by atoms with E-state index in [4.69, 9.17) is 15.3 Å². The molecular formula is C9H20O3. The Morgan fingerprint density at radius 1 is 1.00 bits per heavy atom. The molecule has 0 atom stereocenters. The highest BCUT2D eigenvalue weighted by Gasteiger charge is 2.26. The maximum Gasteiger partial charge on any atom is 0.0509 e. The molecule has 0 aromatic rings. The molecule has 12 heavy (non-hydrogen) atoms. The minimum atomic E-state index is -0.364. The molecule has 3 heteroatoms. The molecule has 0 aromatic heterocycles. The molecular weight excluding hydrogens is 156 g/mol. The third-order valence-corrected chi connectivity index (χ3v) is 2.32. The van der Waals surface area contributed by atoms with Crippen LogP contribution in [0.1, 0.15) is 32.6 Å². The minimum absolute atomic E-state index is 0.0112. The van der Waals surface area contributed by atoms with Gasteiger partial charge >= 0.3 is 0 Å². The summed E-state index contributed by atoms with van der Waals surface area (Å²) < 4.78 is 0. The van der Waals surface area contributed by atoms with Crippen LogP contribution in [-0.4, -0.2) is 35.1 Å². The molecule has 0 amide bonds. The smallest absolute Gasteiger partial charge is 0.0509 e. The molecule has 74 valence electrons. The van der Waals surface area contributed by atoms with Gasteiger partial charge in [0.2, 0.25) is 0 Å². The molecule has 0 spiro atoms. The van der Waals surface area contributed by atoms with E-state index in [-0.39, 0.29) is 25.2 Å². The first-order chi connectivity index (χ1) is 5.74. The van der Waals surface area contributed by atoms with Crippen molar-refractivity contribution in [3.05, 3.63) is 0 Å². The molecule has 0 fully saturated rings. The fourth-order valence-corrected chi connectivity index (χ4v) is 1.48. The molecule has 0 radical (unpaired) electrons. The molecule has 0 heterocycles. The molecule has 3 N–H and O–H groups in total. The van der Waals surface area contributed by atoms with Crippen molar-refractivity contribution in [2.45, 2.75) is 32.6 Å². The van der Waals surface area contributed by atoms with Crippen LogP contribution >= 0.6 is 0 Å². The standard InChI is InChI=1S/C9H20O3/c1-2-4-9(7-11,8-12)5-3-6-10/h10-12H,2-8H2,1H3. The first-order valence-corrected chi connectivity index (χ1v) is 4.57. The normalized spacial score (nSPS) is 12.0. The summed E-state index contributed by atoms with van der Waals surface area (Å²) in [6, 6.07) is 0. The SMILES string of the molecule is CCCC(CO)(CO)CCCO. The van der Waals surface area contributed by atoms with E-state index in [9.17, 15) is 0 Å². The average Bonchev–Trinajstić information content (AvgIpc) is 2.13. The summed E-state index contributed by atoms with van der Waals surface area (Å²) in [5.74, 6) is 0. The Morgan fingerprint density at radius 3 is 1.92 bits per heavy atom. The molecule has 0 aliphatic rings. The van der Waals surface area contributed by atoms with Crippen molar-refractivity contribution in [3.8, 4) is 0 Å². The zero-order chi connectivity index (χ0) is 9.45. The van der Waals surface area contributed by atoms with Crippen molar-refractivity contribution >= 4 is 0 Å². The van der Waals surface area contributed by atoms with Gasteiger partial charge in [-0.2, -0.15) is 0 Å². The third kappa shape index (κ3) is 3.52. The van der Waals surface area contributed by atoms with E-state index in [0.717, 1.165) is 12.8 Å². The summed E-state index contributed by atoms with van der Waals surface area (Å²) in [7, 11) is 0. The van der Waals surface area contributed by atoms with Gasteiger partial charge in [0.05, 0.1) is 13.2 Å². The molecule has 0 saturated heterocycles. The second-order valence-electron chi connectivity index (χ2n) is 3.39. The monoisotopic (exact) mass is 176 g/mol. The Balaban J connectivity index is 3.95. The largest absolute Gasteiger partial charge is 0.396 e. The molecule has 0 aliphatic heterocycles. The van der Waals surface area contributed by atoms with Crippen LogP contribution in [0.5, 0.6) is 0 Å². The Hall–Kier alpha value is -0.120. The van der Waals surface area contributed by atoms with Crippen LogP contribution in [-0.2, 0) is 0 Å². The highest BCUT2D eigenvalue weighted by atomic mass is 16.3. The predicted molar refractivity (Wildman–Crippen MR) is 47.8 cm³/mol. The Kier molecular flexibility index (Phi) is 6.34. The zero-order valence-corrected chi connectivity index (χ0v) is 7.79. The number of aliphatic hydroxyl groups is 3. The fraction of sp³-hybridized carbons (Fsp3) is 1.00. The number of aliphatic hydroxyl groups excluding tert-OH is 3. The van der Waals surface area contributed by atoms with E-state index in [0.29, 0.717) is 12.8 Å². The van der Waals surface area contributed by atoms with Crippen molar-refractivity contribution in [2.24, 2.45) is 5.41 Å². The van der Waals surface area contributed by atoms with Crippen LogP contribution in [0.3, 0.4) is 0 Å². The average molecular weight is 176 g/mol. The fourth-order valence-electron chi connectivity index (χ4n) is 1.48. The summed E-state index contributed by atoms with van der Waals surface area (Å²) >= 11 is 0. The van der Waals surface area contributed by atoms with Crippen molar-refractivity contribution in [3.63, 3.8) is 0 Å². The lowest BCUT2D eigenvalue weighted by molar-refractivity contribution is 0.0337. The van der Waals surface area contributed by atoms with E-state index in [2.05, 4.69) is 0 Å². The lowest BCUT2D eigenvalue weighted by Gasteiger charge is -2.29. The summed E-state index contributed by atoms with van der Waals surface area (Å²) in [6.07, 6.45) is 3.12. The van der Waals surface area contributed by atoms with Gasteiger partial charge in [-0.3, -0.25) is 0 Å². The molecule has 3 nitrogen and oxygen atoms in total. The molecule has 0 unspecified atom stereocenters. The van der Waals surface area contributed by atoms with Gasteiger partial charge < -0.3 is 15.3 Å². The van der Waals surface area contributed by atoms with Crippen LogP contribution in [0.25, 0.3) is 0 Å². The van der Waals surface area contributed by atoms with Gasteiger partial charge in [0.1, 0.15) is 0 Å². The summed E-state index contributed by atoms with van der Waals surface area (Å²) in [5.41, 5.74) is -0.364. The Labute approximate surface area is 74.0 Å². The van der Waals surface area contributed by atoms with Gasteiger partial charge in [-0.15, -0.1) is 0 Å². The minimum Gasteiger partial charge on any atom is -0.396 e. The number of hydrogen-bond donors (Lipinski definition) is 3. The second kappa shape index (κ2) is 6.40. The number of hydrogen-bond acceptors (Lipinski definition) is 3. The topological polar surface area (TPSA) is 60.7 Å². The number of rotatable bonds is 7. The molecule has 0 rings (SSSR count). The molecule has 0 saturated carbocycles. The van der Waals surface area contributed by atoms with E-state index in [1.165, 1.54) is 0 Å². The van der Waals surface area contributed by atoms with E-state index < -0.39 is 0 Å². The lowest BCUT2D eigenvalue weighted by Crippen LogP contribution is -2.30. The molecule has 0 aliphatic carbocycles. The summed E-state index contributed by atoms with van der Waals surface area (Å²) in [6.45, 7) is 2.18. The first-order valence-electron chi connectivity index (χ1n) is 4.57. The van der Waals surface area contributed by atoms with Gasteiger partial charge in [0.15, 0.2) is 0 Å². The van der Waals surface area contributed by atoms with E-state index in [1.807, 2.05) is 6.92 Å². The summed E-state index contributed by atoms with van der Waals surface area (Å²) in [5, 5.41) is 26.8. The first kappa shape index (κ1) is 11.9. The van der Waals surface area contributed by atoms with Crippen molar-refractivity contribution in [1.29, 1.82) is 0 Å². The maximum atomic E-state index is 9.09. The predicted octanol–water partition coefficient (Wildman–Crippen LogP) is 0.530.